The summed E-state index contributed by atoms with van der Waals surface area (Å²) >= 11 is 3.75. The molecule has 1 N–H and O–H groups in total. The zero-order valence-electron chi connectivity index (χ0n) is 12.4. The van der Waals surface area contributed by atoms with Gasteiger partial charge in [-0.2, -0.15) is 0 Å². The van der Waals surface area contributed by atoms with E-state index in [1.165, 1.54) is 35.2 Å². The topological polar surface area (TPSA) is 15.3 Å². The van der Waals surface area contributed by atoms with Crippen LogP contribution in [0.3, 0.4) is 0 Å². The lowest BCUT2D eigenvalue weighted by Gasteiger charge is -2.37. The second-order valence-electron chi connectivity index (χ2n) is 5.91. The van der Waals surface area contributed by atoms with Gasteiger partial charge in [0.15, 0.2) is 0 Å². The second-order valence-corrected chi connectivity index (χ2v) is 6.76. The fourth-order valence-corrected chi connectivity index (χ4v) is 3.34. The Morgan fingerprint density at radius 2 is 2.05 bits per heavy atom. The van der Waals surface area contributed by atoms with Gasteiger partial charge in [-0.3, -0.25) is 0 Å². The molecule has 3 atom stereocenters. The number of anilines is 1. The molecule has 1 heterocycles. The molecule has 0 saturated carbocycles. The van der Waals surface area contributed by atoms with Crippen LogP contribution >= 0.6 is 15.9 Å². The molecule has 1 aromatic carbocycles. The van der Waals surface area contributed by atoms with Crippen LogP contribution in [0.5, 0.6) is 0 Å². The van der Waals surface area contributed by atoms with Crippen molar-refractivity contribution in [3.8, 4) is 0 Å². The molecule has 0 bridgehead atoms. The van der Waals surface area contributed by atoms with E-state index in [0.29, 0.717) is 6.04 Å². The van der Waals surface area contributed by atoms with Crippen molar-refractivity contribution < 1.29 is 0 Å². The summed E-state index contributed by atoms with van der Waals surface area (Å²) in [6, 6.07) is 7.14. The molecule has 1 aliphatic rings. The second kappa shape index (κ2) is 6.27. The van der Waals surface area contributed by atoms with Gasteiger partial charge in [-0.25, -0.2) is 0 Å². The molecule has 0 aromatic heterocycles. The largest absolute Gasteiger partial charge is 0.370 e. The van der Waals surface area contributed by atoms with Crippen molar-refractivity contribution in [3.63, 3.8) is 0 Å². The number of nitrogens with zero attached hydrogens (tertiary/aromatic N) is 1. The van der Waals surface area contributed by atoms with Crippen molar-refractivity contribution in [2.45, 2.75) is 33.2 Å². The summed E-state index contributed by atoms with van der Waals surface area (Å²) in [4.78, 5) is 2.52. The smallest absolute Gasteiger partial charge is 0.0510 e. The van der Waals surface area contributed by atoms with Crippen LogP contribution in [-0.4, -0.2) is 20.1 Å². The maximum Gasteiger partial charge on any atom is 0.0510 e. The first-order chi connectivity index (χ1) is 9.02. The van der Waals surface area contributed by atoms with E-state index in [1.807, 2.05) is 7.05 Å². The first kappa shape index (κ1) is 14.9. The molecule has 3 unspecified atom stereocenters. The quantitative estimate of drug-likeness (QED) is 0.895. The first-order valence-corrected chi connectivity index (χ1v) is 8.04. The van der Waals surface area contributed by atoms with E-state index in [1.54, 1.807) is 0 Å². The third-order valence-corrected chi connectivity index (χ3v) is 5.21. The first-order valence-electron chi connectivity index (χ1n) is 7.24. The molecule has 0 radical (unpaired) electrons. The molecule has 0 aliphatic carbocycles. The number of halogens is 1. The van der Waals surface area contributed by atoms with Crippen LogP contribution in [0, 0.1) is 11.8 Å². The Morgan fingerprint density at radius 1 is 1.32 bits per heavy atom. The number of nitrogens with one attached hydrogen (secondary N) is 1. The average Bonchev–Trinajstić information content (AvgIpc) is 2.41. The van der Waals surface area contributed by atoms with E-state index >= 15 is 0 Å². The average molecular weight is 325 g/mol. The van der Waals surface area contributed by atoms with Crippen LogP contribution in [0.2, 0.25) is 0 Å². The molecule has 106 valence electrons. The van der Waals surface area contributed by atoms with E-state index in [0.717, 1.165) is 11.8 Å². The molecule has 0 spiro atoms. The molecule has 1 saturated heterocycles. The molecule has 3 heteroatoms. The third-order valence-electron chi connectivity index (χ3n) is 4.58. The summed E-state index contributed by atoms with van der Waals surface area (Å²) in [5.74, 6) is 1.62. The Hall–Kier alpha value is -0.540. The van der Waals surface area contributed by atoms with Gasteiger partial charge < -0.3 is 10.2 Å². The molecule has 1 aliphatic heterocycles. The van der Waals surface area contributed by atoms with Crippen LogP contribution in [0.25, 0.3) is 0 Å². The Balaban J connectivity index is 2.17. The van der Waals surface area contributed by atoms with Gasteiger partial charge in [0.05, 0.1) is 5.69 Å². The van der Waals surface area contributed by atoms with Crippen molar-refractivity contribution >= 4 is 21.6 Å². The normalized spacial score (nSPS) is 25.4. The number of hydrogen-bond acceptors (Lipinski definition) is 2. The lowest BCUT2D eigenvalue weighted by molar-refractivity contribution is 0.324. The van der Waals surface area contributed by atoms with Gasteiger partial charge >= 0.3 is 0 Å². The molecule has 1 fully saturated rings. The van der Waals surface area contributed by atoms with E-state index in [-0.39, 0.29) is 0 Å². The maximum atomic E-state index is 3.75. The molecular formula is C16H25BrN2. The van der Waals surface area contributed by atoms with Crippen LogP contribution in [0.1, 0.15) is 38.8 Å². The zero-order chi connectivity index (χ0) is 14.0. The Kier molecular flexibility index (Phi) is 4.91. The van der Waals surface area contributed by atoms with Crippen molar-refractivity contribution in [2.24, 2.45) is 11.8 Å². The molecule has 19 heavy (non-hydrogen) atoms. The number of hydrogen-bond donors (Lipinski definition) is 1. The van der Waals surface area contributed by atoms with Crippen LogP contribution in [0.4, 0.5) is 5.69 Å². The molecule has 2 nitrogen and oxygen atoms in total. The van der Waals surface area contributed by atoms with Crippen LogP contribution in [-0.2, 0) is 0 Å². The minimum absolute atomic E-state index is 0.394. The third kappa shape index (κ3) is 3.32. The lowest BCUT2D eigenvalue weighted by Crippen LogP contribution is -2.38. The summed E-state index contributed by atoms with van der Waals surface area (Å²) in [5, 5.41) is 3.29. The monoisotopic (exact) mass is 324 g/mol. The molecular weight excluding hydrogens is 300 g/mol. The van der Waals surface area contributed by atoms with Crippen molar-refractivity contribution in [3.05, 3.63) is 28.2 Å². The van der Waals surface area contributed by atoms with Crippen molar-refractivity contribution in [1.29, 1.82) is 0 Å². The predicted octanol–water partition coefficient (Wildman–Crippen LogP) is 4.21. The van der Waals surface area contributed by atoms with Gasteiger partial charge in [0.1, 0.15) is 0 Å². The maximum absolute atomic E-state index is 3.75. The minimum atomic E-state index is 0.394. The number of rotatable bonds is 3. The summed E-state index contributed by atoms with van der Waals surface area (Å²) in [6.45, 7) is 9.26. The minimum Gasteiger partial charge on any atom is -0.370 e. The van der Waals surface area contributed by atoms with Gasteiger partial charge in [0, 0.05) is 23.6 Å². The van der Waals surface area contributed by atoms with Gasteiger partial charge in [-0.1, -0.05) is 19.9 Å². The fourth-order valence-electron chi connectivity index (χ4n) is 2.70. The predicted molar refractivity (Wildman–Crippen MR) is 86.8 cm³/mol. The van der Waals surface area contributed by atoms with E-state index in [2.05, 4.69) is 65.1 Å². The summed E-state index contributed by atoms with van der Waals surface area (Å²) < 4.78 is 1.22. The summed E-state index contributed by atoms with van der Waals surface area (Å²) in [6.07, 6.45) is 1.29. The highest BCUT2D eigenvalue weighted by Gasteiger charge is 2.24. The van der Waals surface area contributed by atoms with Crippen molar-refractivity contribution in [2.75, 3.05) is 25.0 Å². The van der Waals surface area contributed by atoms with Crippen LogP contribution < -0.4 is 10.2 Å². The standard InChI is InChI=1S/C16H25BrN2/c1-11-7-8-19(10-12(11)2)16-6-5-14(9-15(16)17)13(3)18-4/h5-6,9,11-13,18H,7-8,10H2,1-4H3. The van der Waals surface area contributed by atoms with Crippen LogP contribution in [0.15, 0.2) is 22.7 Å². The highest BCUT2D eigenvalue weighted by Crippen LogP contribution is 2.33. The summed E-state index contributed by atoms with van der Waals surface area (Å²) in [5.41, 5.74) is 2.67. The van der Waals surface area contributed by atoms with Gasteiger partial charge in [-0.05, 0) is 65.9 Å². The van der Waals surface area contributed by atoms with Gasteiger partial charge in [0.25, 0.3) is 0 Å². The zero-order valence-corrected chi connectivity index (χ0v) is 14.0. The van der Waals surface area contributed by atoms with E-state index in [4.69, 9.17) is 0 Å². The van der Waals surface area contributed by atoms with E-state index in [9.17, 15) is 0 Å². The Morgan fingerprint density at radius 3 is 2.63 bits per heavy atom. The fraction of sp³-hybridized carbons (Fsp3) is 0.625. The van der Waals surface area contributed by atoms with E-state index < -0.39 is 0 Å². The van der Waals surface area contributed by atoms with Gasteiger partial charge in [0.2, 0.25) is 0 Å². The molecule has 2 rings (SSSR count). The SMILES string of the molecule is CNC(C)c1ccc(N2CCC(C)C(C)C2)c(Br)c1. The Bertz CT molecular complexity index is 433. The molecule has 0 amide bonds. The highest BCUT2D eigenvalue weighted by molar-refractivity contribution is 9.10. The number of piperidine rings is 1. The lowest BCUT2D eigenvalue weighted by atomic mass is 9.88. The summed E-state index contributed by atoms with van der Waals surface area (Å²) in [7, 11) is 2.00. The van der Waals surface area contributed by atoms with Crippen molar-refractivity contribution in [1.82, 2.24) is 5.32 Å². The molecule has 1 aromatic rings. The Labute approximate surface area is 125 Å². The number of benzene rings is 1. The van der Waals surface area contributed by atoms with Gasteiger partial charge in [-0.15, -0.1) is 0 Å². The highest BCUT2D eigenvalue weighted by atomic mass is 79.9.